The summed E-state index contributed by atoms with van der Waals surface area (Å²) in [5.74, 6) is 2.33. The number of aromatic amines is 2. The maximum Gasteiger partial charge on any atom is 0.205 e. The Balaban J connectivity index is 1.74. The van der Waals surface area contributed by atoms with Crippen molar-refractivity contribution in [1.82, 2.24) is 35.8 Å². The largest absolute Gasteiger partial charge is 0.381 e. The Morgan fingerprint density at radius 2 is 1.95 bits per heavy atom. The summed E-state index contributed by atoms with van der Waals surface area (Å²) < 4.78 is 5.39. The molecule has 8 heteroatoms. The van der Waals surface area contributed by atoms with E-state index in [1.807, 2.05) is 24.3 Å². The second-order valence-electron chi connectivity index (χ2n) is 4.89. The average molecular weight is 283 g/mol. The Labute approximate surface area is 120 Å². The molecule has 1 aromatic carbocycles. The van der Waals surface area contributed by atoms with Crippen LogP contribution in [0.2, 0.25) is 0 Å². The molecule has 106 valence electrons. The normalized spacial score (nSPS) is 18.2. The lowest BCUT2D eigenvalue weighted by atomic mass is 10.1. The number of benzene rings is 1. The molecule has 1 saturated heterocycles. The van der Waals surface area contributed by atoms with E-state index < -0.39 is 0 Å². The van der Waals surface area contributed by atoms with Gasteiger partial charge < -0.3 is 4.74 Å². The Hall–Kier alpha value is -2.61. The summed E-state index contributed by atoms with van der Waals surface area (Å²) in [6.45, 7) is 1.47. The Bertz CT molecular complexity index is 731. The Morgan fingerprint density at radius 1 is 1.10 bits per heavy atom. The maximum atomic E-state index is 5.39. The minimum Gasteiger partial charge on any atom is -0.381 e. The number of nitrogens with zero attached hydrogens (tertiary/aromatic N) is 5. The standard InChI is InChI=1S/C13H13N7O/c1-2-4-10(13-17-19-20-18-13)9(3-1)12-14-11(15-16-12)8-5-6-21-7-8/h1-4,8H,5-7H2,(H,14,15,16)(H,17,18,19,20)/t8-/m0/s1. The van der Waals surface area contributed by atoms with Crippen LogP contribution >= 0.6 is 0 Å². The minimum absolute atomic E-state index is 0.295. The first kappa shape index (κ1) is 12.2. The van der Waals surface area contributed by atoms with Gasteiger partial charge in [-0.05, 0) is 11.6 Å². The van der Waals surface area contributed by atoms with Gasteiger partial charge in [0.1, 0.15) is 5.82 Å². The monoisotopic (exact) mass is 283 g/mol. The molecule has 2 aromatic heterocycles. The Morgan fingerprint density at radius 3 is 2.67 bits per heavy atom. The highest BCUT2D eigenvalue weighted by atomic mass is 16.5. The molecule has 1 aliphatic rings. The number of ether oxygens (including phenoxy) is 1. The molecule has 0 aliphatic carbocycles. The average Bonchev–Trinajstić information content (AvgIpc) is 3.27. The van der Waals surface area contributed by atoms with Gasteiger partial charge in [0, 0.05) is 23.7 Å². The van der Waals surface area contributed by atoms with E-state index in [0.29, 0.717) is 24.2 Å². The van der Waals surface area contributed by atoms with Gasteiger partial charge >= 0.3 is 0 Å². The van der Waals surface area contributed by atoms with Gasteiger partial charge in [0.2, 0.25) is 5.82 Å². The maximum absolute atomic E-state index is 5.39. The van der Waals surface area contributed by atoms with Crippen LogP contribution < -0.4 is 0 Å². The molecule has 8 nitrogen and oxygen atoms in total. The molecule has 21 heavy (non-hydrogen) atoms. The van der Waals surface area contributed by atoms with Crippen LogP contribution in [0.3, 0.4) is 0 Å². The Kier molecular flexibility index (Phi) is 2.93. The number of hydrogen-bond donors (Lipinski definition) is 2. The first-order valence-corrected chi connectivity index (χ1v) is 6.75. The number of aromatic nitrogens is 7. The lowest BCUT2D eigenvalue weighted by molar-refractivity contribution is 0.193. The topological polar surface area (TPSA) is 105 Å². The third-order valence-electron chi connectivity index (χ3n) is 3.57. The van der Waals surface area contributed by atoms with E-state index in [4.69, 9.17) is 4.74 Å². The van der Waals surface area contributed by atoms with Crippen molar-refractivity contribution >= 4 is 0 Å². The lowest BCUT2D eigenvalue weighted by Crippen LogP contribution is -1.99. The lowest BCUT2D eigenvalue weighted by Gasteiger charge is -2.02. The molecule has 1 fully saturated rings. The molecule has 4 rings (SSSR count). The molecule has 3 aromatic rings. The molecule has 0 unspecified atom stereocenters. The van der Waals surface area contributed by atoms with Crippen molar-refractivity contribution in [2.45, 2.75) is 12.3 Å². The van der Waals surface area contributed by atoms with Crippen LogP contribution in [0, 0.1) is 0 Å². The second-order valence-corrected chi connectivity index (χ2v) is 4.89. The van der Waals surface area contributed by atoms with Crippen LogP contribution in [0.1, 0.15) is 18.2 Å². The van der Waals surface area contributed by atoms with Gasteiger partial charge in [0.15, 0.2) is 5.82 Å². The fraction of sp³-hybridized carbons (Fsp3) is 0.308. The predicted molar refractivity (Wildman–Crippen MR) is 73.2 cm³/mol. The van der Waals surface area contributed by atoms with Crippen molar-refractivity contribution in [3.63, 3.8) is 0 Å². The van der Waals surface area contributed by atoms with E-state index in [0.717, 1.165) is 30.0 Å². The van der Waals surface area contributed by atoms with Gasteiger partial charge in [-0.25, -0.2) is 4.98 Å². The minimum atomic E-state index is 0.295. The first-order valence-electron chi connectivity index (χ1n) is 6.75. The van der Waals surface area contributed by atoms with Gasteiger partial charge in [0.05, 0.1) is 6.61 Å². The zero-order valence-corrected chi connectivity index (χ0v) is 11.2. The van der Waals surface area contributed by atoms with Crippen molar-refractivity contribution in [3.05, 3.63) is 30.1 Å². The summed E-state index contributed by atoms with van der Waals surface area (Å²) in [5, 5.41) is 21.4. The number of rotatable bonds is 3. The summed E-state index contributed by atoms with van der Waals surface area (Å²) in [4.78, 5) is 4.60. The molecule has 2 N–H and O–H groups in total. The van der Waals surface area contributed by atoms with Gasteiger partial charge in [-0.15, -0.1) is 10.2 Å². The van der Waals surface area contributed by atoms with Crippen LogP contribution in [0.4, 0.5) is 0 Å². The van der Waals surface area contributed by atoms with E-state index in [1.54, 1.807) is 0 Å². The van der Waals surface area contributed by atoms with Crippen molar-refractivity contribution in [2.24, 2.45) is 0 Å². The highest BCUT2D eigenvalue weighted by molar-refractivity contribution is 5.76. The van der Waals surface area contributed by atoms with Gasteiger partial charge in [-0.3, -0.25) is 5.10 Å². The van der Waals surface area contributed by atoms with Gasteiger partial charge in [-0.1, -0.05) is 24.3 Å². The number of tetrazole rings is 1. The van der Waals surface area contributed by atoms with Gasteiger partial charge in [-0.2, -0.15) is 10.3 Å². The van der Waals surface area contributed by atoms with Crippen LogP contribution in [0.15, 0.2) is 24.3 Å². The van der Waals surface area contributed by atoms with E-state index in [-0.39, 0.29) is 0 Å². The summed E-state index contributed by atoms with van der Waals surface area (Å²) >= 11 is 0. The summed E-state index contributed by atoms with van der Waals surface area (Å²) in [5.41, 5.74) is 1.72. The van der Waals surface area contributed by atoms with E-state index in [9.17, 15) is 0 Å². The highest BCUT2D eigenvalue weighted by Gasteiger charge is 2.22. The SMILES string of the molecule is c1ccc(-c2n[nH]c([C@H]3CCOC3)n2)c(-c2nn[nH]n2)c1. The van der Waals surface area contributed by atoms with Crippen molar-refractivity contribution in [2.75, 3.05) is 13.2 Å². The molecule has 1 aliphatic heterocycles. The van der Waals surface area contributed by atoms with Crippen LogP contribution in [-0.4, -0.2) is 49.0 Å². The van der Waals surface area contributed by atoms with Crippen molar-refractivity contribution in [1.29, 1.82) is 0 Å². The van der Waals surface area contributed by atoms with E-state index in [2.05, 4.69) is 35.8 Å². The molecule has 3 heterocycles. The first-order chi connectivity index (χ1) is 10.4. The second kappa shape index (κ2) is 5.06. The zero-order valence-electron chi connectivity index (χ0n) is 11.2. The number of nitrogens with one attached hydrogen (secondary N) is 2. The zero-order chi connectivity index (χ0) is 14.1. The summed E-state index contributed by atoms with van der Waals surface area (Å²) in [6.07, 6.45) is 0.973. The highest BCUT2D eigenvalue weighted by Crippen LogP contribution is 2.29. The molecule has 1 atom stereocenters. The fourth-order valence-electron chi connectivity index (χ4n) is 2.48. The number of hydrogen-bond acceptors (Lipinski definition) is 6. The molecule has 0 amide bonds. The third kappa shape index (κ3) is 2.19. The molecular weight excluding hydrogens is 270 g/mol. The van der Waals surface area contributed by atoms with Crippen LogP contribution in [0.5, 0.6) is 0 Å². The third-order valence-corrected chi connectivity index (χ3v) is 3.57. The van der Waals surface area contributed by atoms with Crippen LogP contribution in [0.25, 0.3) is 22.8 Å². The number of H-pyrrole nitrogens is 2. The quantitative estimate of drug-likeness (QED) is 0.747. The fourth-order valence-corrected chi connectivity index (χ4v) is 2.48. The molecular formula is C13H13N7O. The summed E-state index contributed by atoms with van der Waals surface area (Å²) in [6, 6.07) is 7.74. The smallest absolute Gasteiger partial charge is 0.205 e. The summed E-state index contributed by atoms with van der Waals surface area (Å²) in [7, 11) is 0. The van der Waals surface area contributed by atoms with E-state index in [1.165, 1.54) is 0 Å². The predicted octanol–water partition coefficient (Wildman–Crippen LogP) is 1.16. The van der Waals surface area contributed by atoms with Crippen molar-refractivity contribution in [3.8, 4) is 22.8 Å². The van der Waals surface area contributed by atoms with Crippen LogP contribution in [-0.2, 0) is 4.74 Å². The van der Waals surface area contributed by atoms with E-state index >= 15 is 0 Å². The van der Waals surface area contributed by atoms with Gasteiger partial charge in [0.25, 0.3) is 0 Å². The molecule has 0 bridgehead atoms. The molecule has 0 saturated carbocycles. The molecule has 0 radical (unpaired) electrons. The molecule has 0 spiro atoms. The van der Waals surface area contributed by atoms with Crippen molar-refractivity contribution < 1.29 is 4.74 Å².